The molecule has 0 fully saturated rings. The molecule has 2 N–H and O–H groups in total. The van der Waals surface area contributed by atoms with Crippen LogP contribution in [0.3, 0.4) is 0 Å². The van der Waals surface area contributed by atoms with E-state index in [4.69, 9.17) is 0 Å². The van der Waals surface area contributed by atoms with Crippen LogP contribution in [0.15, 0.2) is 60.1 Å². The molecule has 0 spiro atoms. The van der Waals surface area contributed by atoms with Gasteiger partial charge < -0.3 is 15.5 Å². The number of carbonyl (C=O) groups excluding carboxylic acids is 2. The molecule has 6 heteroatoms. The van der Waals surface area contributed by atoms with Gasteiger partial charge in [0.2, 0.25) is 0 Å². The van der Waals surface area contributed by atoms with E-state index in [1.807, 2.05) is 43.3 Å². The van der Waals surface area contributed by atoms with Crippen molar-refractivity contribution in [1.29, 1.82) is 0 Å². The second-order valence-electron chi connectivity index (χ2n) is 6.36. The maximum Gasteiger partial charge on any atom is 0.319 e. The number of nitrogens with one attached hydrogen (secondary N) is 2. The highest BCUT2D eigenvalue weighted by Crippen LogP contribution is 2.33. The van der Waals surface area contributed by atoms with Gasteiger partial charge in [-0.3, -0.25) is 9.78 Å². The normalized spacial score (nSPS) is 19.6. The first kappa shape index (κ1) is 15.4. The van der Waals surface area contributed by atoms with Crippen LogP contribution in [0, 0.1) is 6.92 Å². The summed E-state index contributed by atoms with van der Waals surface area (Å²) in [6.07, 6.45) is 3.45. The Labute approximate surface area is 145 Å². The minimum absolute atomic E-state index is 0.0584. The van der Waals surface area contributed by atoms with Crippen molar-refractivity contribution in [3.05, 3.63) is 76.8 Å². The van der Waals surface area contributed by atoms with E-state index in [2.05, 4.69) is 15.6 Å². The molecule has 4 rings (SSSR count). The maximum absolute atomic E-state index is 13.0. The van der Waals surface area contributed by atoms with Crippen LogP contribution in [0.25, 0.3) is 0 Å². The molecular formula is C19H18N4O2. The van der Waals surface area contributed by atoms with E-state index in [0.29, 0.717) is 24.4 Å². The van der Waals surface area contributed by atoms with Gasteiger partial charge in [0.15, 0.2) is 0 Å². The van der Waals surface area contributed by atoms with Crippen molar-refractivity contribution in [1.82, 2.24) is 20.5 Å². The van der Waals surface area contributed by atoms with Crippen molar-refractivity contribution in [3.8, 4) is 0 Å². The predicted octanol–water partition coefficient (Wildman–Crippen LogP) is 2.04. The first-order valence-electron chi connectivity index (χ1n) is 8.17. The number of carbonyl (C=O) groups is 2. The maximum atomic E-state index is 13.0. The van der Waals surface area contributed by atoms with Crippen LogP contribution in [0.1, 0.15) is 22.7 Å². The third kappa shape index (κ3) is 2.87. The largest absolute Gasteiger partial charge is 0.329 e. The van der Waals surface area contributed by atoms with Gasteiger partial charge in [0, 0.05) is 18.9 Å². The molecule has 1 aromatic heterocycles. The Kier molecular flexibility index (Phi) is 3.72. The number of amides is 3. The zero-order valence-corrected chi connectivity index (χ0v) is 13.8. The van der Waals surface area contributed by atoms with E-state index < -0.39 is 6.04 Å². The summed E-state index contributed by atoms with van der Waals surface area (Å²) in [5.74, 6) is -0.0584. The molecule has 1 aromatic carbocycles. The summed E-state index contributed by atoms with van der Waals surface area (Å²) in [6.45, 7) is 2.88. The first-order valence-corrected chi connectivity index (χ1v) is 8.17. The minimum atomic E-state index is -0.421. The average Bonchev–Trinajstić information content (AvgIpc) is 2.91. The molecule has 25 heavy (non-hydrogen) atoms. The first-order chi connectivity index (χ1) is 12.1. The van der Waals surface area contributed by atoms with Crippen molar-refractivity contribution in [2.75, 3.05) is 6.54 Å². The highest BCUT2D eigenvalue weighted by atomic mass is 16.2. The number of urea groups is 1. The predicted molar refractivity (Wildman–Crippen MR) is 92.3 cm³/mol. The molecule has 6 nitrogen and oxygen atoms in total. The van der Waals surface area contributed by atoms with Crippen molar-refractivity contribution in [3.63, 3.8) is 0 Å². The lowest BCUT2D eigenvalue weighted by atomic mass is 9.95. The Bertz CT molecular complexity index is 859. The fourth-order valence-electron chi connectivity index (χ4n) is 3.28. The van der Waals surface area contributed by atoms with Gasteiger partial charge in [-0.05, 0) is 24.1 Å². The number of rotatable bonds is 3. The molecule has 126 valence electrons. The molecule has 0 saturated carbocycles. The fourth-order valence-corrected chi connectivity index (χ4v) is 3.28. The zero-order valence-electron chi connectivity index (χ0n) is 13.8. The Morgan fingerprint density at radius 3 is 2.72 bits per heavy atom. The summed E-state index contributed by atoms with van der Waals surface area (Å²) in [6, 6.07) is 11.0. The molecule has 2 aliphatic heterocycles. The standard InChI is InChI=1S/C19H18N4O2/c1-12-4-6-14(7-5-12)17-16-15(21-19(25)22-17)11-23(18(16)24)10-13-3-2-8-20-9-13/h2-9,17H,10-11H2,1H3,(H2,21,22,25). The molecule has 0 radical (unpaired) electrons. The van der Waals surface area contributed by atoms with E-state index in [0.717, 1.165) is 16.7 Å². The van der Waals surface area contributed by atoms with Crippen LogP contribution in [0.5, 0.6) is 0 Å². The quantitative estimate of drug-likeness (QED) is 0.902. The smallest absolute Gasteiger partial charge is 0.319 e. The monoisotopic (exact) mass is 334 g/mol. The molecule has 2 aromatic rings. The minimum Gasteiger partial charge on any atom is -0.329 e. The topological polar surface area (TPSA) is 74.3 Å². The van der Waals surface area contributed by atoms with Crippen molar-refractivity contribution < 1.29 is 9.59 Å². The van der Waals surface area contributed by atoms with E-state index in [1.54, 1.807) is 17.3 Å². The third-order valence-corrected chi connectivity index (χ3v) is 4.53. The van der Waals surface area contributed by atoms with Gasteiger partial charge in [0.25, 0.3) is 5.91 Å². The summed E-state index contributed by atoms with van der Waals surface area (Å²) in [4.78, 5) is 30.8. The van der Waals surface area contributed by atoms with Gasteiger partial charge in [-0.15, -0.1) is 0 Å². The molecule has 3 amide bonds. The van der Waals surface area contributed by atoms with Crippen LogP contribution in [-0.2, 0) is 11.3 Å². The highest BCUT2D eigenvalue weighted by Gasteiger charge is 2.40. The molecule has 3 heterocycles. The average molecular weight is 334 g/mol. The Hall–Kier alpha value is -3.15. The van der Waals surface area contributed by atoms with Crippen LogP contribution in [0.2, 0.25) is 0 Å². The van der Waals surface area contributed by atoms with Crippen LogP contribution < -0.4 is 10.6 Å². The second-order valence-corrected chi connectivity index (χ2v) is 6.36. The van der Waals surface area contributed by atoms with Crippen molar-refractivity contribution in [2.24, 2.45) is 0 Å². The van der Waals surface area contributed by atoms with Gasteiger partial charge in [-0.1, -0.05) is 35.9 Å². The summed E-state index contributed by atoms with van der Waals surface area (Å²) >= 11 is 0. The summed E-state index contributed by atoms with van der Waals surface area (Å²) in [5.41, 5.74) is 4.30. The van der Waals surface area contributed by atoms with Crippen LogP contribution in [-0.4, -0.2) is 28.4 Å². The summed E-state index contributed by atoms with van der Waals surface area (Å²) in [7, 11) is 0. The molecule has 0 bridgehead atoms. The number of pyridine rings is 1. The Balaban J connectivity index is 1.63. The highest BCUT2D eigenvalue weighted by molar-refractivity contribution is 6.01. The van der Waals surface area contributed by atoms with Crippen LogP contribution >= 0.6 is 0 Å². The molecule has 0 saturated heterocycles. The lowest BCUT2D eigenvalue weighted by molar-refractivity contribution is -0.126. The second kappa shape index (κ2) is 6.05. The van der Waals surface area contributed by atoms with E-state index in [1.165, 1.54) is 0 Å². The molecule has 1 atom stereocenters. The summed E-state index contributed by atoms with van der Waals surface area (Å²) in [5, 5.41) is 5.66. The van der Waals surface area contributed by atoms with E-state index in [-0.39, 0.29) is 11.9 Å². The molecule has 0 aliphatic carbocycles. The van der Waals surface area contributed by atoms with Gasteiger partial charge >= 0.3 is 6.03 Å². The number of nitrogens with zero attached hydrogens (tertiary/aromatic N) is 2. The zero-order chi connectivity index (χ0) is 17.4. The Morgan fingerprint density at radius 1 is 1.20 bits per heavy atom. The number of hydrogen-bond donors (Lipinski definition) is 2. The lowest BCUT2D eigenvalue weighted by Gasteiger charge is -2.25. The van der Waals surface area contributed by atoms with E-state index in [9.17, 15) is 9.59 Å². The van der Waals surface area contributed by atoms with Gasteiger partial charge in [0.1, 0.15) is 0 Å². The number of aromatic nitrogens is 1. The van der Waals surface area contributed by atoms with Gasteiger partial charge in [0.05, 0.1) is 23.9 Å². The van der Waals surface area contributed by atoms with Crippen molar-refractivity contribution in [2.45, 2.75) is 19.5 Å². The lowest BCUT2D eigenvalue weighted by Crippen LogP contribution is -2.44. The number of aryl methyl sites for hydroxylation is 1. The van der Waals surface area contributed by atoms with Gasteiger partial charge in [-0.2, -0.15) is 0 Å². The van der Waals surface area contributed by atoms with Crippen molar-refractivity contribution >= 4 is 11.9 Å². The van der Waals surface area contributed by atoms with E-state index >= 15 is 0 Å². The molecular weight excluding hydrogens is 316 g/mol. The van der Waals surface area contributed by atoms with Crippen LogP contribution in [0.4, 0.5) is 4.79 Å². The molecule has 1 unspecified atom stereocenters. The number of benzene rings is 1. The third-order valence-electron chi connectivity index (χ3n) is 4.53. The van der Waals surface area contributed by atoms with Gasteiger partial charge in [-0.25, -0.2) is 4.79 Å². The summed E-state index contributed by atoms with van der Waals surface area (Å²) < 4.78 is 0. The number of hydrogen-bond acceptors (Lipinski definition) is 3. The fraction of sp³-hybridized carbons (Fsp3) is 0.211. The Morgan fingerprint density at radius 2 is 2.00 bits per heavy atom. The molecule has 2 aliphatic rings. The SMILES string of the molecule is Cc1ccc(C2NC(=O)NC3=C2C(=O)N(Cc2cccnc2)C3)cc1.